The summed E-state index contributed by atoms with van der Waals surface area (Å²) in [7, 11) is 1.77. The zero-order chi connectivity index (χ0) is 14.5. The molecule has 6 heteroatoms. The number of carbonyl (C=O) groups is 2. The van der Waals surface area contributed by atoms with Gasteiger partial charge in [-0.25, -0.2) is 4.98 Å². The third-order valence-corrected chi connectivity index (χ3v) is 3.29. The van der Waals surface area contributed by atoms with Crippen molar-refractivity contribution in [3.05, 3.63) is 23.4 Å². The van der Waals surface area contributed by atoms with E-state index in [9.17, 15) is 9.59 Å². The fraction of sp³-hybridized carbons (Fsp3) is 0.500. The van der Waals surface area contributed by atoms with Crippen molar-refractivity contribution in [1.29, 1.82) is 0 Å². The maximum absolute atomic E-state index is 12.5. The van der Waals surface area contributed by atoms with Gasteiger partial charge in [0.05, 0.1) is 6.54 Å². The summed E-state index contributed by atoms with van der Waals surface area (Å²) in [5, 5.41) is 5.73. The lowest BCUT2D eigenvalue weighted by Crippen LogP contribution is -2.37. The summed E-state index contributed by atoms with van der Waals surface area (Å²) < 4.78 is 0. The highest BCUT2D eigenvalue weighted by Gasteiger charge is 2.21. The summed E-state index contributed by atoms with van der Waals surface area (Å²) in [5.41, 5.74) is 1.44. The predicted molar refractivity (Wildman–Crippen MR) is 76.7 cm³/mol. The molecule has 0 atom stereocenters. The number of nitrogens with one attached hydrogen (secondary N) is 2. The molecule has 0 aliphatic carbocycles. The van der Waals surface area contributed by atoms with E-state index in [0.29, 0.717) is 24.5 Å². The van der Waals surface area contributed by atoms with E-state index in [4.69, 9.17) is 0 Å². The Bertz CT molecular complexity index is 494. The monoisotopic (exact) mass is 276 g/mol. The Morgan fingerprint density at radius 3 is 3.00 bits per heavy atom. The van der Waals surface area contributed by atoms with Crippen LogP contribution >= 0.6 is 0 Å². The normalized spacial score (nSPS) is 15.5. The van der Waals surface area contributed by atoms with Crippen LogP contribution in [0, 0.1) is 0 Å². The number of hydrogen-bond donors (Lipinski definition) is 2. The maximum Gasteiger partial charge on any atom is 0.254 e. The second-order valence-corrected chi connectivity index (χ2v) is 4.77. The van der Waals surface area contributed by atoms with Crippen molar-refractivity contribution >= 4 is 17.6 Å². The summed E-state index contributed by atoms with van der Waals surface area (Å²) in [6, 6.07) is 3.52. The largest absolute Gasteiger partial charge is 0.373 e. The van der Waals surface area contributed by atoms with Crippen molar-refractivity contribution in [2.45, 2.75) is 19.8 Å². The van der Waals surface area contributed by atoms with Crippen LogP contribution < -0.4 is 10.6 Å². The average molecular weight is 276 g/mol. The molecule has 1 fully saturated rings. The van der Waals surface area contributed by atoms with E-state index < -0.39 is 0 Å². The minimum absolute atomic E-state index is 0.102. The van der Waals surface area contributed by atoms with Gasteiger partial charge in [-0.05, 0) is 25.0 Å². The molecule has 2 heterocycles. The molecule has 20 heavy (non-hydrogen) atoms. The van der Waals surface area contributed by atoms with Gasteiger partial charge in [-0.15, -0.1) is 0 Å². The van der Waals surface area contributed by atoms with Crippen molar-refractivity contribution in [2.24, 2.45) is 0 Å². The minimum Gasteiger partial charge on any atom is -0.373 e. The van der Waals surface area contributed by atoms with E-state index in [0.717, 1.165) is 18.5 Å². The highest BCUT2D eigenvalue weighted by atomic mass is 16.2. The lowest BCUT2D eigenvalue weighted by Gasteiger charge is -2.19. The van der Waals surface area contributed by atoms with Gasteiger partial charge < -0.3 is 15.5 Å². The molecule has 0 spiro atoms. The third kappa shape index (κ3) is 3.26. The Balaban J connectivity index is 2.25. The lowest BCUT2D eigenvalue weighted by molar-refractivity contribution is -0.121. The van der Waals surface area contributed by atoms with Crippen LogP contribution in [0.1, 0.15) is 29.4 Å². The zero-order valence-electron chi connectivity index (χ0n) is 11.9. The quantitative estimate of drug-likeness (QED) is 0.850. The number of anilines is 1. The van der Waals surface area contributed by atoms with E-state index in [1.165, 1.54) is 0 Å². The second kappa shape index (κ2) is 6.36. The van der Waals surface area contributed by atoms with Crippen LogP contribution in [0.3, 0.4) is 0 Å². The first-order chi connectivity index (χ1) is 9.63. The maximum atomic E-state index is 12.5. The number of rotatable bonds is 3. The molecular weight excluding hydrogens is 256 g/mol. The van der Waals surface area contributed by atoms with Gasteiger partial charge in [-0.2, -0.15) is 0 Å². The van der Waals surface area contributed by atoms with Crippen molar-refractivity contribution < 1.29 is 9.59 Å². The summed E-state index contributed by atoms with van der Waals surface area (Å²) in [5.74, 6) is 0.456. The lowest BCUT2D eigenvalue weighted by atomic mass is 10.1. The molecular formula is C14H20N4O2. The van der Waals surface area contributed by atoms with Crippen molar-refractivity contribution in [3.63, 3.8) is 0 Å². The standard InChI is InChI=1S/C14H20N4O2/c1-3-11-7-10(8-12(15-2)17-11)14(20)18-6-4-5-16-13(19)9-18/h7-8H,3-6,9H2,1-2H3,(H,15,17)(H,16,19). The van der Waals surface area contributed by atoms with Crippen LogP contribution in [-0.4, -0.2) is 48.4 Å². The number of hydrogen-bond acceptors (Lipinski definition) is 4. The highest BCUT2D eigenvalue weighted by Crippen LogP contribution is 2.14. The van der Waals surface area contributed by atoms with Gasteiger partial charge in [0.2, 0.25) is 5.91 Å². The van der Waals surface area contributed by atoms with Gasteiger partial charge in [-0.3, -0.25) is 9.59 Å². The van der Waals surface area contributed by atoms with Crippen LogP contribution in [0.25, 0.3) is 0 Å². The predicted octanol–water partition coefficient (Wildman–Crippen LogP) is 0.648. The van der Waals surface area contributed by atoms with E-state index >= 15 is 0 Å². The molecule has 6 nitrogen and oxygen atoms in total. The first kappa shape index (κ1) is 14.3. The number of pyridine rings is 1. The van der Waals surface area contributed by atoms with Crippen molar-refractivity contribution in [3.8, 4) is 0 Å². The fourth-order valence-electron chi connectivity index (χ4n) is 2.18. The molecule has 1 aromatic rings. The van der Waals surface area contributed by atoms with E-state index in [2.05, 4.69) is 15.6 Å². The number of nitrogens with zero attached hydrogens (tertiary/aromatic N) is 2. The van der Waals surface area contributed by atoms with E-state index in [-0.39, 0.29) is 18.4 Å². The molecule has 0 radical (unpaired) electrons. The average Bonchev–Trinajstić information content (AvgIpc) is 2.70. The minimum atomic E-state index is -0.115. The number of aromatic nitrogens is 1. The highest BCUT2D eigenvalue weighted by molar-refractivity contribution is 5.97. The fourth-order valence-corrected chi connectivity index (χ4v) is 2.18. The Labute approximate surface area is 118 Å². The molecule has 0 aromatic carbocycles. The smallest absolute Gasteiger partial charge is 0.254 e. The Kier molecular flexibility index (Phi) is 4.55. The Morgan fingerprint density at radius 2 is 2.30 bits per heavy atom. The molecule has 1 aliphatic rings. The molecule has 0 unspecified atom stereocenters. The summed E-state index contributed by atoms with van der Waals surface area (Å²) in [6.45, 7) is 3.34. The molecule has 108 valence electrons. The van der Waals surface area contributed by atoms with Crippen LogP contribution in [0.4, 0.5) is 5.82 Å². The molecule has 1 aliphatic heterocycles. The van der Waals surface area contributed by atoms with Crippen LogP contribution in [0.15, 0.2) is 12.1 Å². The van der Waals surface area contributed by atoms with Gasteiger partial charge in [0.15, 0.2) is 0 Å². The molecule has 1 aromatic heterocycles. The van der Waals surface area contributed by atoms with Crippen LogP contribution in [-0.2, 0) is 11.2 Å². The molecule has 1 saturated heterocycles. The van der Waals surface area contributed by atoms with Crippen LogP contribution in [0.2, 0.25) is 0 Å². The van der Waals surface area contributed by atoms with Crippen molar-refractivity contribution in [1.82, 2.24) is 15.2 Å². The van der Waals surface area contributed by atoms with Crippen LogP contribution in [0.5, 0.6) is 0 Å². The molecule has 2 amide bonds. The summed E-state index contributed by atoms with van der Waals surface area (Å²) >= 11 is 0. The van der Waals surface area contributed by atoms with Gasteiger partial charge in [0.25, 0.3) is 5.91 Å². The molecule has 2 N–H and O–H groups in total. The Hall–Kier alpha value is -2.11. The van der Waals surface area contributed by atoms with Gasteiger partial charge in [-0.1, -0.05) is 6.92 Å². The Morgan fingerprint density at radius 1 is 1.50 bits per heavy atom. The topological polar surface area (TPSA) is 74.3 Å². The first-order valence-electron chi connectivity index (χ1n) is 6.88. The first-order valence-corrected chi connectivity index (χ1v) is 6.88. The van der Waals surface area contributed by atoms with Gasteiger partial charge in [0.1, 0.15) is 5.82 Å². The number of aryl methyl sites for hydroxylation is 1. The SMILES string of the molecule is CCc1cc(C(=O)N2CCCNC(=O)C2)cc(NC)n1. The second-order valence-electron chi connectivity index (χ2n) is 4.77. The summed E-state index contributed by atoms with van der Waals surface area (Å²) in [6.07, 6.45) is 1.54. The number of carbonyl (C=O) groups excluding carboxylic acids is 2. The zero-order valence-corrected chi connectivity index (χ0v) is 11.9. The van der Waals surface area contributed by atoms with Crippen molar-refractivity contribution in [2.75, 3.05) is 32.0 Å². The molecule has 2 rings (SSSR count). The third-order valence-electron chi connectivity index (χ3n) is 3.29. The number of amides is 2. The molecule has 0 saturated carbocycles. The summed E-state index contributed by atoms with van der Waals surface area (Å²) in [4.78, 5) is 30.0. The van der Waals surface area contributed by atoms with Gasteiger partial charge >= 0.3 is 0 Å². The van der Waals surface area contributed by atoms with E-state index in [1.54, 1.807) is 24.1 Å². The molecule has 0 bridgehead atoms. The van der Waals surface area contributed by atoms with E-state index in [1.807, 2.05) is 6.92 Å². The van der Waals surface area contributed by atoms with Gasteiger partial charge in [0, 0.05) is 31.4 Å².